The lowest BCUT2D eigenvalue weighted by molar-refractivity contribution is -0.128. The normalized spacial score (nSPS) is 8.42. The van der Waals surface area contributed by atoms with Crippen molar-refractivity contribution >= 4 is 5.91 Å². The zero-order valence-electron chi connectivity index (χ0n) is 8.76. The van der Waals surface area contributed by atoms with Gasteiger partial charge in [0.05, 0.1) is 6.54 Å². The number of hydrogen-bond acceptors (Lipinski definition) is 2. The van der Waals surface area contributed by atoms with Gasteiger partial charge >= 0.3 is 0 Å². The quantitative estimate of drug-likeness (QED) is 0.696. The number of carbonyl (C=O) groups excluding carboxylic acids is 1. The smallest absolute Gasteiger partial charge is 0.236 e. The maximum Gasteiger partial charge on any atom is 0.236 e. The van der Waals surface area contributed by atoms with E-state index < -0.39 is 0 Å². The summed E-state index contributed by atoms with van der Waals surface area (Å²) < 4.78 is 0. The van der Waals surface area contributed by atoms with Crippen molar-refractivity contribution in [3.8, 4) is 0 Å². The van der Waals surface area contributed by atoms with Crippen LogP contribution >= 0.6 is 0 Å². The molecule has 0 heterocycles. The molecule has 0 atom stereocenters. The van der Waals surface area contributed by atoms with Gasteiger partial charge < -0.3 is 10.6 Å². The van der Waals surface area contributed by atoms with Crippen LogP contribution in [-0.2, 0) is 4.79 Å². The van der Waals surface area contributed by atoms with Crippen LogP contribution in [0.3, 0.4) is 0 Å². The van der Waals surface area contributed by atoms with Gasteiger partial charge in [-0.25, -0.2) is 0 Å². The van der Waals surface area contributed by atoms with Crippen LogP contribution in [0.4, 0.5) is 0 Å². The summed E-state index contributed by atoms with van der Waals surface area (Å²) >= 11 is 0. The molecule has 0 aromatic rings. The van der Waals surface area contributed by atoms with Crippen molar-refractivity contribution in [2.75, 3.05) is 20.1 Å². The summed E-state index contributed by atoms with van der Waals surface area (Å²) in [5, 5.41) is 0. The van der Waals surface area contributed by atoms with Crippen molar-refractivity contribution in [1.29, 1.82) is 0 Å². The second kappa shape index (κ2) is 10.4. The lowest BCUT2D eigenvalue weighted by Gasteiger charge is -2.14. The van der Waals surface area contributed by atoms with Gasteiger partial charge in [-0.15, -0.1) is 0 Å². The summed E-state index contributed by atoms with van der Waals surface area (Å²) in [6, 6.07) is 0. The molecule has 12 heavy (non-hydrogen) atoms. The van der Waals surface area contributed by atoms with E-state index in [1.54, 1.807) is 11.9 Å². The molecule has 0 fully saturated rings. The second-order valence-electron chi connectivity index (χ2n) is 2.37. The predicted octanol–water partition coefficient (Wildman–Crippen LogP) is 1.23. The summed E-state index contributed by atoms with van der Waals surface area (Å²) in [5.74, 6) is 0.0217. The first-order chi connectivity index (χ1) is 5.72. The van der Waals surface area contributed by atoms with Crippen LogP contribution in [-0.4, -0.2) is 30.9 Å². The van der Waals surface area contributed by atoms with E-state index in [-0.39, 0.29) is 12.5 Å². The van der Waals surface area contributed by atoms with E-state index in [0.29, 0.717) is 0 Å². The Morgan fingerprint density at radius 3 is 2.25 bits per heavy atom. The molecule has 1 amide bonds. The largest absolute Gasteiger partial charge is 0.345 e. The summed E-state index contributed by atoms with van der Waals surface area (Å²) in [4.78, 5) is 12.5. The Morgan fingerprint density at radius 1 is 1.42 bits per heavy atom. The monoisotopic (exact) mass is 174 g/mol. The first kappa shape index (κ1) is 14.0. The van der Waals surface area contributed by atoms with E-state index in [2.05, 4.69) is 6.92 Å². The van der Waals surface area contributed by atoms with Gasteiger partial charge in [0.25, 0.3) is 0 Å². The Morgan fingerprint density at radius 2 is 1.92 bits per heavy atom. The van der Waals surface area contributed by atoms with E-state index in [4.69, 9.17) is 5.73 Å². The molecule has 0 rings (SSSR count). The van der Waals surface area contributed by atoms with E-state index in [1.807, 2.05) is 13.8 Å². The van der Waals surface area contributed by atoms with Crippen molar-refractivity contribution in [3.63, 3.8) is 0 Å². The van der Waals surface area contributed by atoms with Gasteiger partial charge in [0, 0.05) is 13.6 Å². The molecule has 0 radical (unpaired) electrons. The number of rotatable bonds is 4. The fourth-order valence-corrected chi connectivity index (χ4v) is 0.676. The van der Waals surface area contributed by atoms with Crippen LogP contribution in [0.15, 0.2) is 0 Å². The third-order valence-electron chi connectivity index (χ3n) is 1.45. The van der Waals surface area contributed by atoms with Gasteiger partial charge in [0.15, 0.2) is 0 Å². The lowest BCUT2D eigenvalue weighted by atomic mass is 10.3. The molecule has 0 aliphatic rings. The minimum Gasteiger partial charge on any atom is -0.345 e. The Kier molecular flexibility index (Phi) is 12.2. The molecule has 0 aromatic carbocycles. The standard InChI is InChI=1S/C7H16N2O.C2H6/c1-3-4-5-9(2)7(10)6-8;1-2/h3-6,8H2,1-2H3;1-2H3. The van der Waals surface area contributed by atoms with E-state index >= 15 is 0 Å². The van der Waals surface area contributed by atoms with E-state index in [0.717, 1.165) is 19.4 Å². The SMILES string of the molecule is CC.CCCCN(C)C(=O)CN. The van der Waals surface area contributed by atoms with Gasteiger partial charge in [-0.2, -0.15) is 0 Å². The molecule has 0 saturated carbocycles. The van der Waals surface area contributed by atoms with Crippen LogP contribution in [0.5, 0.6) is 0 Å². The third kappa shape index (κ3) is 7.54. The Labute approximate surface area is 75.9 Å². The van der Waals surface area contributed by atoms with Gasteiger partial charge in [0.1, 0.15) is 0 Å². The summed E-state index contributed by atoms with van der Waals surface area (Å²) in [6.45, 7) is 7.05. The number of carbonyl (C=O) groups is 1. The molecule has 0 saturated heterocycles. The molecule has 0 unspecified atom stereocenters. The molecule has 2 N–H and O–H groups in total. The molecular formula is C9H22N2O. The number of nitrogens with two attached hydrogens (primary N) is 1. The summed E-state index contributed by atoms with van der Waals surface area (Å²) in [5.41, 5.74) is 5.15. The number of likely N-dealkylation sites (N-methyl/N-ethyl adjacent to an activating group) is 1. The van der Waals surface area contributed by atoms with Crippen molar-refractivity contribution in [2.24, 2.45) is 5.73 Å². The van der Waals surface area contributed by atoms with E-state index in [1.165, 1.54) is 0 Å². The van der Waals surface area contributed by atoms with Crippen LogP contribution in [0.25, 0.3) is 0 Å². The maximum absolute atomic E-state index is 10.8. The van der Waals surface area contributed by atoms with Crippen LogP contribution in [0, 0.1) is 0 Å². The minimum absolute atomic E-state index is 0.0217. The van der Waals surface area contributed by atoms with Crippen LogP contribution < -0.4 is 5.73 Å². The summed E-state index contributed by atoms with van der Waals surface area (Å²) in [7, 11) is 1.78. The first-order valence-corrected chi connectivity index (χ1v) is 4.66. The highest BCUT2D eigenvalue weighted by Crippen LogP contribution is 1.90. The minimum atomic E-state index is 0.0217. The van der Waals surface area contributed by atoms with Gasteiger partial charge in [-0.05, 0) is 6.42 Å². The van der Waals surface area contributed by atoms with Crippen LogP contribution in [0.2, 0.25) is 0 Å². The molecule has 0 aliphatic carbocycles. The Balaban J connectivity index is 0. The van der Waals surface area contributed by atoms with Gasteiger partial charge in [-0.3, -0.25) is 4.79 Å². The van der Waals surface area contributed by atoms with E-state index in [9.17, 15) is 4.79 Å². The number of unbranched alkanes of at least 4 members (excludes halogenated alkanes) is 1. The zero-order valence-corrected chi connectivity index (χ0v) is 8.76. The topological polar surface area (TPSA) is 46.3 Å². The molecule has 0 aliphatic heterocycles. The number of amides is 1. The van der Waals surface area contributed by atoms with Gasteiger partial charge in [0.2, 0.25) is 5.91 Å². The molecule has 3 heteroatoms. The maximum atomic E-state index is 10.8. The highest BCUT2D eigenvalue weighted by molar-refractivity contribution is 5.77. The second-order valence-corrected chi connectivity index (χ2v) is 2.37. The fourth-order valence-electron chi connectivity index (χ4n) is 0.676. The molecule has 0 spiro atoms. The Bertz CT molecular complexity index is 105. The predicted molar refractivity (Wildman–Crippen MR) is 52.9 cm³/mol. The molecule has 74 valence electrons. The third-order valence-corrected chi connectivity index (χ3v) is 1.45. The number of nitrogens with zero attached hydrogens (tertiary/aromatic N) is 1. The fraction of sp³-hybridized carbons (Fsp3) is 0.889. The average Bonchev–Trinajstić information content (AvgIpc) is 2.16. The highest BCUT2D eigenvalue weighted by atomic mass is 16.2. The average molecular weight is 174 g/mol. The Hall–Kier alpha value is -0.570. The molecular weight excluding hydrogens is 152 g/mol. The van der Waals surface area contributed by atoms with Crippen molar-refractivity contribution in [2.45, 2.75) is 33.6 Å². The first-order valence-electron chi connectivity index (χ1n) is 4.66. The van der Waals surface area contributed by atoms with Crippen LogP contribution in [0.1, 0.15) is 33.6 Å². The van der Waals surface area contributed by atoms with Gasteiger partial charge in [-0.1, -0.05) is 27.2 Å². The molecule has 3 nitrogen and oxygen atoms in total. The zero-order chi connectivity index (χ0) is 9.98. The highest BCUT2D eigenvalue weighted by Gasteiger charge is 2.03. The molecule has 0 aromatic heterocycles. The van der Waals surface area contributed by atoms with Crippen molar-refractivity contribution in [1.82, 2.24) is 4.90 Å². The summed E-state index contributed by atoms with van der Waals surface area (Å²) in [6.07, 6.45) is 2.17. The van der Waals surface area contributed by atoms with Crippen molar-refractivity contribution < 1.29 is 4.79 Å². The molecule has 0 bridgehead atoms. The lowest BCUT2D eigenvalue weighted by Crippen LogP contribution is -2.33. The number of hydrogen-bond donors (Lipinski definition) is 1. The van der Waals surface area contributed by atoms with Crippen molar-refractivity contribution in [3.05, 3.63) is 0 Å².